The van der Waals surface area contributed by atoms with E-state index in [0.29, 0.717) is 38.7 Å². The van der Waals surface area contributed by atoms with E-state index in [9.17, 15) is 9.18 Å². The number of aromatic nitrogens is 1. The Morgan fingerprint density at radius 2 is 1.94 bits per heavy atom. The van der Waals surface area contributed by atoms with Gasteiger partial charge in [0.05, 0.1) is 30.9 Å². The largest absolute Gasteiger partial charge is 0.378 e. The molecule has 0 unspecified atom stereocenters. The number of amides is 1. The highest BCUT2D eigenvalue weighted by Crippen LogP contribution is 2.37. The average Bonchev–Trinajstić information content (AvgIpc) is 3.57. The second kappa shape index (κ2) is 8.74. The fraction of sp³-hybridized carbons (Fsp3) is 0.360. The number of halogens is 1. The summed E-state index contributed by atoms with van der Waals surface area (Å²) in [5.41, 5.74) is 3.74. The molecule has 2 heterocycles. The van der Waals surface area contributed by atoms with Gasteiger partial charge in [-0.25, -0.2) is 4.39 Å². The second-order valence-electron chi connectivity index (χ2n) is 8.43. The molecule has 0 spiro atoms. The quantitative estimate of drug-likeness (QED) is 0.573. The van der Waals surface area contributed by atoms with Crippen LogP contribution < -0.4 is 4.90 Å². The van der Waals surface area contributed by atoms with Crippen LogP contribution in [0.25, 0.3) is 11.3 Å². The molecule has 0 N–H and O–H groups in total. The van der Waals surface area contributed by atoms with Crippen molar-refractivity contribution in [3.63, 3.8) is 0 Å². The van der Waals surface area contributed by atoms with Crippen molar-refractivity contribution in [1.82, 2.24) is 10.1 Å². The van der Waals surface area contributed by atoms with Crippen molar-refractivity contribution >= 4 is 11.8 Å². The zero-order chi connectivity index (χ0) is 22.1. The van der Waals surface area contributed by atoms with E-state index in [1.54, 1.807) is 23.1 Å². The summed E-state index contributed by atoms with van der Waals surface area (Å²) in [6, 6.07) is 14.3. The van der Waals surface area contributed by atoms with Crippen molar-refractivity contribution in [2.75, 3.05) is 31.2 Å². The molecule has 2 aliphatic rings. The maximum atomic E-state index is 14.4. The van der Waals surface area contributed by atoms with Crippen LogP contribution in [0.15, 0.2) is 53.1 Å². The van der Waals surface area contributed by atoms with E-state index >= 15 is 0 Å². The molecule has 1 aliphatic heterocycles. The van der Waals surface area contributed by atoms with Crippen molar-refractivity contribution < 1.29 is 18.4 Å². The molecule has 3 aromatic rings. The van der Waals surface area contributed by atoms with Gasteiger partial charge in [0.25, 0.3) is 5.91 Å². The molecule has 1 saturated carbocycles. The van der Waals surface area contributed by atoms with Gasteiger partial charge in [-0.05, 0) is 38.0 Å². The number of rotatable bonds is 6. The molecule has 1 aliphatic carbocycles. The van der Waals surface area contributed by atoms with Gasteiger partial charge in [-0.2, -0.15) is 0 Å². The number of morpholine rings is 1. The van der Waals surface area contributed by atoms with Crippen LogP contribution in [-0.4, -0.2) is 48.3 Å². The fourth-order valence-electron chi connectivity index (χ4n) is 4.19. The number of hydrogen-bond acceptors (Lipinski definition) is 5. The minimum atomic E-state index is -0.499. The first-order chi connectivity index (χ1) is 15.6. The molecule has 1 saturated heterocycles. The van der Waals surface area contributed by atoms with E-state index in [2.05, 4.69) is 16.1 Å². The Morgan fingerprint density at radius 3 is 2.66 bits per heavy atom. The Hall–Kier alpha value is -3.19. The number of ether oxygens (including phenoxy) is 1. The van der Waals surface area contributed by atoms with E-state index in [-0.39, 0.29) is 17.5 Å². The summed E-state index contributed by atoms with van der Waals surface area (Å²) in [6.45, 7) is 4.96. The number of carbonyl (C=O) groups excluding carboxylic acids is 1. The standard InChI is InChI=1S/C25H26FN3O3/c1-17-5-4-6-18(15-17)23-21(25(32-27-23)28-11-13-31-14-12-28)16-29(19-9-10-19)24(30)20-7-2-3-8-22(20)26/h2-8,15,19H,9-14,16H2,1H3. The Morgan fingerprint density at radius 1 is 1.16 bits per heavy atom. The van der Waals surface area contributed by atoms with Crippen molar-refractivity contribution in [3.05, 3.63) is 71.0 Å². The molecule has 6 nitrogen and oxygen atoms in total. The summed E-state index contributed by atoms with van der Waals surface area (Å²) in [7, 11) is 0. The minimum Gasteiger partial charge on any atom is -0.378 e. The molecule has 1 amide bonds. The molecule has 0 bridgehead atoms. The lowest BCUT2D eigenvalue weighted by atomic mass is 10.0. The molecule has 2 aromatic carbocycles. The van der Waals surface area contributed by atoms with Crippen LogP contribution >= 0.6 is 0 Å². The first-order valence-corrected chi connectivity index (χ1v) is 11.1. The Kier molecular flexibility index (Phi) is 5.66. The first kappa shape index (κ1) is 20.7. The number of nitrogens with zero attached hydrogens (tertiary/aromatic N) is 3. The summed E-state index contributed by atoms with van der Waals surface area (Å²) >= 11 is 0. The summed E-state index contributed by atoms with van der Waals surface area (Å²) in [6.07, 6.45) is 1.83. The zero-order valence-corrected chi connectivity index (χ0v) is 18.1. The highest BCUT2D eigenvalue weighted by Gasteiger charge is 2.36. The van der Waals surface area contributed by atoms with Gasteiger partial charge in [0, 0.05) is 24.7 Å². The fourth-order valence-corrected chi connectivity index (χ4v) is 4.19. The SMILES string of the molecule is Cc1cccc(-c2noc(N3CCOCC3)c2CN(C(=O)c2ccccc2F)C2CC2)c1. The second-order valence-corrected chi connectivity index (χ2v) is 8.43. The van der Waals surface area contributed by atoms with Gasteiger partial charge >= 0.3 is 0 Å². The highest BCUT2D eigenvalue weighted by molar-refractivity contribution is 5.95. The van der Waals surface area contributed by atoms with E-state index in [4.69, 9.17) is 9.26 Å². The summed E-state index contributed by atoms with van der Waals surface area (Å²) in [5.74, 6) is -0.132. The van der Waals surface area contributed by atoms with Crippen molar-refractivity contribution in [2.24, 2.45) is 0 Å². The van der Waals surface area contributed by atoms with Crippen LogP contribution in [0.4, 0.5) is 10.3 Å². The van der Waals surface area contributed by atoms with Crippen LogP contribution in [0, 0.1) is 12.7 Å². The Balaban J connectivity index is 1.54. The third kappa shape index (κ3) is 4.12. The van der Waals surface area contributed by atoms with Crippen molar-refractivity contribution in [1.29, 1.82) is 0 Å². The molecule has 7 heteroatoms. The van der Waals surface area contributed by atoms with Gasteiger partial charge in [0.2, 0.25) is 5.88 Å². The first-order valence-electron chi connectivity index (χ1n) is 11.1. The van der Waals surface area contributed by atoms with Crippen LogP contribution in [0.5, 0.6) is 0 Å². The molecular formula is C25H26FN3O3. The predicted molar refractivity (Wildman–Crippen MR) is 119 cm³/mol. The van der Waals surface area contributed by atoms with E-state index < -0.39 is 5.82 Å². The number of anilines is 1. The normalized spacial score (nSPS) is 16.2. The topological polar surface area (TPSA) is 58.8 Å². The van der Waals surface area contributed by atoms with Crippen LogP contribution in [-0.2, 0) is 11.3 Å². The van der Waals surface area contributed by atoms with E-state index in [0.717, 1.165) is 35.2 Å². The lowest BCUT2D eigenvalue weighted by Crippen LogP contribution is -2.38. The highest BCUT2D eigenvalue weighted by atomic mass is 19.1. The van der Waals surface area contributed by atoms with Crippen molar-refractivity contribution in [2.45, 2.75) is 32.4 Å². The molecule has 1 aromatic heterocycles. The predicted octanol–water partition coefficient (Wildman–Crippen LogP) is 4.43. The lowest BCUT2D eigenvalue weighted by molar-refractivity contribution is 0.0725. The smallest absolute Gasteiger partial charge is 0.257 e. The summed E-state index contributed by atoms with van der Waals surface area (Å²) < 4.78 is 25.8. The van der Waals surface area contributed by atoms with Gasteiger partial charge in [0.15, 0.2) is 0 Å². The number of carbonyl (C=O) groups is 1. The third-order valence-corrected chi connectivity index (χ3v) is 6.04. The number of aryl methyl sites for hydroxylation is 1. The van der Waals surface area contributed by atoms with Gasteiger partial charge < -0.3 is 19.1 Å². The molecule has 0 radical (unpaired) electrons. The van der Waals surface area contributed by atoms with E-state index in [1.807, 2.05) is 25.1 Å². The zero-order valence-electron chi connectivity index (χ0n) is 18.1. The number of hydrogen-bond donors (Lipinski definition) is 0. The molecule has 166 valence electrons. The molecular weight excluding hydrogens is 409 g/mol. The summed E-state index contributed by atoms with van der Waals surface area (Å²) in [5, 5.41) is 4.42. The monoisotopic (exact) mass is 435 g/mol. The molecule has 2 fully saturated rings. The maximum Gasteiger partial charge on any atom is 0.257 e. The average molecular weight is 435 g/mol. The number of benzene rings is 2. The van der Waals surface area contributed by atoms with E-state index in [1.165, 1.54) is 6.07 Å². The molecule has 5 rings (SSSR count). The van der Waals surface area contributed by atoms with Crippen LogP contribution in [0.3, 0.4) is 0 Å². The Labute approximate surface area is 186 Å². The molecule has 0 atom stereocenters. The lowest BCUT2D eigenvalue weighted by Gasteiger charge is -2.28. The Bertz CT molecular complexity index is 1120. The van der Waals surface area contributed by atoms with Crippen molar-refractivity contribution in [3.8, 4) is 11.3 Å². The van der Waals surface area contributed by atoms with Gasteiger partial charge in [0.1, 0.15) is 11.5 Å². The molecule has 32 heavy (non-hydrogen) atoms. The van der Waals surface area contributed by atoms with Gasteiger partial charge in [-0.15, -0.1) is 0 Å². The van der Waals surface area contributed by atoms with Crippen LogP contribution in [0.2, 0.25) is 0 Å². The maximum absolute atomic E-state index is 14.4. The third-order valence-electron chi connectivity index (χ3n) is 6.04. The van der Waals surface area contributed by atoms with Gasteiger partial charge in [-0.3, -0.25) is 4.79 Å². The van der Waals surface area contributed by atoms with Gasteiger partial charge in [-0.1, -0.05) is 41.1 Å². The van der Waals surface area contributed by atoms with Crippen LogP contribution in [0.1, 0.15) is 34.3 Å². The minimum absolute atomic E-state index is 0.0971. The summed E-state index contributed by atoms with van der Waals surface area (Å²) in [4.78, 5) is 17.3.